The van der Waals surface area contributed by atoms with Crippen molar-refractivity contribution in [3.05, 3.63) is 26.9 Å². The lowest BCUT2D eigenvalue weighted by Gasteiger charge is -2.03. The van der Waals surface area contributed by atoms with Crippen LogP contribution in [0.25, 0.3) is 0 Å². The highest BCUT2D eigenvalue weighted by molar-refractivity contribution is 6.30. The van der Waals surface area contributed by atoms with Crippen LogP contribution in [0.1, 0.15) is 12.0 Å². The van der Waals surface area contributed by atoms with Crippen LogP contribution in [0.5, 0.6) is 0 Å². The topological polar surface area (TPSA) is 82.0 Å². The Labute approximate surface area is 81.6 Å². The number of nitrogens with zero attached hydrogens (tertiary/aromatic N) is 2. The molecule has 0 saturated carbocycles. The SMILES string of the molecule is Nc1cc([N+](=O)[O-])nc(Cl)c1C(F)F. The largest absolute Gasteiger partial charge is 0.398 e. The van der Waals surface area contributed by atoms with Gasteiger partial charge in [0.1, 0.15) is 5.56 Å². The number of rotatable bonds is 2. The van der Waals surface area contributed by atoms with Crippen LogP contribution >= 0.6 is 11.6 Å². The zero-order chi connectivity index (χ0) is 10.9. The van der Waals surface area contributed by atoms with E-state index in [0.29, 0.717) is 0 Å². The van der Waals surface area contributed by atoms with Crippen LogP contribution in [0.4, 0.5) is 20.3 Å². The van der Waals surface area contributed by atoms with Crippen LogP contribution in [-0.2, 0) is 0 Å². The monoisotopic (exact) mass is 223 g/mol. The van der Waals surface area contributed by atoms with Gasteiger partial charge in [0.05, 0.1) is 11.8 Å². The van der Waals surface area contributed by atoms with Gasteiger partial charge in [-0.1, -0.05) is 0 Å². The zero-order valence-corrected chi connectivity index (χ0v) is 7.33. The first-order chi connectivity index (χ1) is 6.43. The minimum absolute atomic E-state index is 0.438. The van der Waals surface area contributed by atoms with Crippen LogP contribution in [-0.4, -0.2) is 9.91 Å². The molecule has 0 atom stereocenters. The van der Waals surface area contributed by atoms with Crippen molar-refractivity contribution in [2.24, 2.45) is 0 Å². The second-order valence-corrected chi connectivity index (χ2v) is 2.69. The number of hydrogen-bond acceptors (Lipinski definition) is 4. The van der Waals surface area contributed by atoms with Gasteiger partial charge < -0.3 is 15.8 Å². The maximum Gasteiger partial charge on any atom is 0.367 e. The third-order valence-electron chi connectivity index (χ3n) is 1.44. The molecule has 1 rings (SSSR count). The Bertz CT molecular complexity index is 362. The predicted molar refractivity (Wildman–Crippen MR) is 45.3 cm³/mol. The molecule has 1 aromatic rings. The van der Waals surface area contributed by atoms with E-state index in [1.54, 1.807) is 0 Å². The molecule has 0 saturated heterocycles. The lowest BCUT2D eigenvalue weighted by atomic mass is 10.2. The molecular formula is C6H4ClF2N3O2. The summed E-state index contributed by atoms with van der Waals surface area (Å²) in [5, 5.41) is 9.58. The molecule has 0 spiro atoms. The maximum absolute atomic E-state index is 12.2. The van der Waals surface area contributed by atoms with Gasteiger partial charge in [0.25, 0.3) is 11.6 Å². The Kier molecular flexibility index (Phi) is 2.80. The lowest BCUT2D eigenvalue weighted by Crippen LogP contribution is -2.01. The van der Waals surface area contributed by atoms with Crippen molar-refractivity contribution in [2.75, 3.05) is 5.73 Å². The fourth-order valence-electron chi connectivity index (χ4n) is 0.839. The molecule has 0 fully saturated rings. The summed E-state index contributed by atoms with van der Waals surface area (Å²) in [6, 6.07) is 0.743. The minimum Gasteiger partial charge on any atom is -0.398 e. The lowest BCUT2D eigenvalue weighted by molar-refractivity contribution is -0.389. The third kappa shape index (κ3) is 1.87. The number of aromatic nitrogens is 1. The quantitative estimate of drug-likeness (QED) is 0.473. The first-order valence-electron chi connectivity index (χ1n) is 3.32. The van der Waals surface area contributed by atoms with Crippen molar-refractivity contribution in [3.63, 3.8) is 0 Å². The van der Waals surface area contributed by atoms with Crippen molar-refractivity contribution >= 4 is 23.1 Å². The highest BCUT2D eigenvalue weighted by Gasteiger charge is 2.24. The average molecular weight is 224 g/mol. The van der Waals surface area contributed by atoms with Gasteiger partial charge in [-0.3, -0.25) is 0 Å². The standard InChI is InChI=1S/C6H4ClF2N3O2/c7-5-4(6(8)9)2(10)1-3(11-5)12(13)14/h1,6H,(H2,10,11). The van der Waals surface area contributed by atoms with Crippen LogP contribution in [0.15, 0.2) is 6.07 Å². The predicted octanol–water partition coefficient (Wildman–Crippen LogP) is 2.16. The molecule has 0 aromatic carbocycles. The van der Waals surface area contributed by atoms with Crippen LogP contribution < -0.4 is 5.73 Å². The number of halogens is 3. The van der Waals surface area contributed by atoms with E-state index in [1.807, 2.05) is 0 Å². The van der Waals surface area contributed by atoms with Gasteiger partial charge in [-0.05, 0) is 21.5 Å². The summed E-state index contributed by atoms with van der Waals surface area (Å²) in [4.78, 5) is 12.5. The van der Waals surface area contributed by atoms with E-state index in [0.717, 1.165) is 6.07 Å². The molecule has 1 aromatic heterocycles. The number of nitrogens with two attached hydrogens (primary N) is 1. The van der Waals surface area contributed by atoms with Gasteiger partial charge in [0.2, 0.25) is 0 Å². The van der Waals surface area contributed by atoms with E-state index in [9.17, 15) is 18.9 Å². The molecule has 5 nitrogen and oxygen atoms in total. The summed E-state index contributed by atoms with van der Waals surface area (Å²) in [5.74, 6) is -0.656. The Balaban J connectivity index is 3.32. The highest BCUT2D eigenvalue weighted by Crippen LogP contribution is 2.32. The van der Waals surface area contributed by atoms with Gasteiger partial charge in [0.15, 0.2) is 0 Å². The van der Waals surface area contributed by atoms with E-state index in [4.69, 9.17) is 17.3 Å². The minimum atomic E-state index is -2.91. The Morgan fingerprint density at radius 3 is 2.57 bits per heavy atom. The van der Waals surface area contributed by atoms with Gasteiger partial charge >= 0.3 is 5.82 Å². The van der Waals surface area contributed by atoms with E-state index >= 15 is 0 Å². The third-order valence-corrected chi connectivity index (χ3v) is 1.72. The second kappa shape index (κ2) is 3.70. The van der Waals surface area contributed by atoms with Crippen LogP contribution in [0, 0.1) is 10.1 Å². The van der Waals surface area contributed by atoms with Crippen molar-refractivity contribution in [2.45, 2.75) is 6.43 Å². The summed E-state index contributed by atoms with van der Waals surface area (Å²) in [7, 11) is 0. The van der Waals surface area contributed by atoms with Crippen LogP contribution in [0.2, 0.25) is 5.15 Å². The number of nitro groups is 1. The molecule has 0 amide bonds. The molecule has 76 valence electrons. The van der Waals surface area contributed by atoms with E-state index in [2.05, 4.69) is 4.98 Å². The maximum atomic E-state index is 12.2. The van der Waals surface area contributed by atoms with E-state index in [-0.39, 0.29) is 0 Å². The number of anilines is 1. The molecule has 0 aliphatic heterocycles. The van der Waals surface area contributed by atoms with Crippen molar-refractivity contribution < 1.29 is 13.7 Å². The number of hydrogen-bond donors (Lipinski definition) is 1. The first kappa shape index (κ1) is 10.6. The van der Waals surface area contributed by atoms with Crippen molar-refractivity contribution in [1.29, 1.82) is 0 Å². The fourth-order valence-corrected chi connectivity index (χ4v) is 1.12. The molecular weight excluding hydrogens is 220 g/mol. The zero-order valence-electron chi connectivity index (χ0n) is 6.58. The Hall–Kier alpha value is -1.50. The van der Waals surface area contributed by atoms with Crippen molar-refractivity contribution in [1.82, 2.24) is 4.98 Å². The van der Waals surface area contributed by atoms with Crippen LogP contribution in [0.3, 0.4) is 0 Å². The summed E-state index contributed by atoms with van der Waals surface area (Å²) in [6.45, 7) is 0. The molecule has 2 N–H and O–H groups in total. The molecule has 0 radical (unpaired) electrons. The summed E-state index contributed by atoms with van der Waals surface area (Å²) in [6.07, 6.45) is -2.91. The number of nitrogen functional groups attached to an aromatic ring is 1. The fraction of sp³-hybridized carbons (Fsp3) is 0.167. The van der Waals surface area contributed by atoms with Crippen molar-refractivity contribution in [3.8, 4) is 0 Å². The van der Waals surface area contributed by atoms with Gasteiger partial charge in [-0.15, -0.1) is 0 Å². The normalized spacial score (nSPS) is 10.6. The van der Waals surface area contributed by atoms with E-state index in [1.165, 1.54) is 0 Å². The molecule has 0 aliphatic rings. The summed E-state index contributed by atoms with van der Waals surface area (Å²) < 4.78 is 24.5. The molecule has 14 heavy (non-hydrogen) atoms. The summed E-state index contributed by atoms with van der Waals surface area (Å²) in [5.41, 5.74) is 4.03. The Morgan fingerprint density at radius 1 is 1.64 bits per heavy atom. The molecule has 1 heterocycles. The van der Waals surface area contributed by atoms with Gasteiger partial charge in [-0.2, -0.15) is 0 Å². The number of pyridine rings is 1. The molecule has 8 heteroatoms. The molecule has 0 unspecified atom stereocenters. The first-order valence-corrected chi connectivity index (χ1v) is 3.69. The van der Waals surface area contributed by atoms with E-state index < -0.39 is 33.6 Å². The molecule has 0 bridgehead atoms. The highest BCUT2D eigenvalue weighted by atomic mass is 35.5. The average Bonchev–Trinajstić information content (AvgIpc) is 2.01. The summed E-state index contributed by atoms with van der Waals surface area (Å²) >= 11 is 5.30. The number of alkyl halides is 2. The smallest absolute Gasteiger partial charge is 0.367 e. The Morgan fingerprint density at radius 2 is 2.21 bits per heavy atom. The molecule has 0 aliphatic carbocycles. The second-order valence-electron chi connectivity index (χ2n) is 2.33. The van der Waals surface area contributed by atoms with Gasteiger partial charge in [-0.25, -0.2) is 8.78 Å². The van der Waals surface area contributed by atoms with Gasteiger partial charge in [0, 0.05) is 0 Å².